The highest BCUT2D eigenvalue weighted by molar-refractivity contribution is 7.89. The number of carbonyl (C=O) groups is 1. The van der Waals surface area contributed by atoms with Crippen LogP contribution in [0.5, 0.6) is 0 Å². The van der Waals surface area contributed by atoms with Crippen molar-refractivity contribution in [3.05, 3.63) is 64.2 Å². The fraction of sp³-hybridized carbons (Fsp3) is 0.440. The van der Waals surface area contributed by atoms with Gasteiger partial charge in [0.05, 0.1) is 23.2 Å². The van der Waals surface area contributed by atoms with Crippen LogP contribution in [-0.4, -0.2) is 37.4 Å². The molecule has 190 valence electrons. The highest BCUT2D eigenvalue weighted by Crippen LogP contribution is 2.32. The molecule has 0 radical (unpaired) electrons. The molecule has 1 fully saturated rings. The number of nitrogens with one attached hydrogen (secondary N) is 1. The molecule has 6 nitrogen and oxygen atoms in total. The number of halogens is 3. The van der Waals surface area contributed by atoms with E-state index in [1.54, 1.807) is 26.0 Å². The van der Waals surface area contributed by atoms with Crippen LogP contribution in [0.4, 0.5) is 13.2 Å². The minimum Gasteiger partial charge on any atom is -0.272 e. The molecule has 10 heteroatoms. The lowest BCUT2D eigenvalue weighted by Gasteiger charge is -2.33. The summed E-state index contributed by atoms with van der Waals surface area (Å²) in [5.41, 5.74) is 3.26. The summed E-state index contributed by atoms with van der Waals surface area (Å²) >= 11 is 0. The van der Waals surface area contributed by atoms with E-state index in [1.165, 1.54) is 22.5 Å². The molecule has 0 heterocycles. The summed E-state index contributed by atoms with van der Waals surface area (Å²) in [6.07, 6.45) is 0.337. The summed E-state index contributed by atoms with van der Waals surface area (Å²) < 4.78 is 68.3. The molecule has 0 aliphatic heterocycles. The summed E-state index contributed by atoms with van der Waals surface area (Å²) in [6, 6.07) is 8.10. The van der Waals surface area contributed by atoms with Crippen LogP contribution in [-0.2, 0) is 21.0 Å². The van der Waals surface area contributed by atoms with Crippen molar-refractivity contribution in [3.63, 3.8) is 0 Å². The van der Waals surface area contributed by atoms with Crippen molar-refractivity contribution in [2.24, 2.45) is 5.10 Å². The number of alkyl halides is 3. The van der Waals surface area contributed by atoms with Gasteiger partial charge in [0.15, 0.2) is 0 Å². The van der Waals surface area contributed by atoms with E-state index >= 15 is 0 Å². The first kappa shape index (κ1) is 26.9. The Hall–Kier alpha value is -2.72. The molecule has 1 saturated carbocycles. The largest absolute Gasteiger partial charge is 0.417 e. The van der Waals surface area contributed by atoms with E-state index < -0.39 is 34.2 Å². The second-order valence-electron chi connectivity index (χ2n) is 8.95. The lowest BCUT2D eigenvalue weighted by Crippen LogP contribution is -2.46. The number of hydrogen-bond acceptors (Lipinski definition) is 4. The third kappa shape index (κ3) is 6.49. The number of sulfonamides is 1. The maximum atomic E-state index is 13.8. The predicted octanol–water partition coefficient (Wildman–Crippen LogP) is 5.10. The van der Waals surface area contributed by atoms with Gasteiger partial charge in [0, 0.05) is 11.6 Å². The van der Waals surface area contributed by atoms with E-state index in [0.29, 0.717) is 24.0 Å². The Balaban J connectivity index is 1.85. The van der Waals surface area contributed by atoms with Gasteiger partial charge in [-0.1, -0.05) is 55.2 Å². The molecule has 1 aliphatic carbocycles. The summed E-state index contributed by atoms with van der Waals surface area (Å²) in [4.78, 5) is 12.9. The standard InChI is InChI=1S/C25H30F3N3O3S/c1-17-13-18(2)24(19(3)14-17)35(33,34)31(21-10-5-4-6-11-21)16-23(32)30-29-15-20-9-7-8-12-22(20)25(26,27)28/h7-9,12-15,21H,4-6,10-11,16H2,1-3H3,(H,30,32)/b29-15+. The van der Waals surface area contributed by atoms with Gasteiger partial charge in [0.1, 0.15) is 0 Å². The monoisotopic (exact) mass is 509 g/mol. The molecule has 0 bridgehead atoms. The van der Waals surface area contributed by atoms with Crippen LogP contribution in [0.2, 0.25) is 0 Å². The van der Waals surface area contributed by atoms with Gasteiger partial charge < -0.3 is 0 Å². The molecule has 1 N–H and O–H groups in total. The van der Waals surface area contributed by atoms with Crippen molar-refractivity contribution < 1.29 is 26.4 Å². The first-order valence-electron chi connectivity index (χ1n) is 11.5. The smallest absolute Gasteiger partial charge is 0.272 e. The van der Waals surface area contributed by atoms with Crippen LogP contribution >= 0.6 is 0 Å². The first-order valence-corrected chi connectivity index (χ1v) is 12.9. The first-order chi connectivity index (χ1) is 16.4. The van der Waals surface area contributed by atoms with E-state index in [4.69, 9.17) is 0 Å². The summed E-state index contributed by atoms with van der Waals surface area (Å²) in [7, 11) is -4.01. The normalized spacial score (nSPS) is 15.6. The van der Waals surface area contributed by atoms with E-state index in [2.05, 4.69) is 10.5 Å². The van der Waals surface area contributed by atoms with E-state index in [0.717, 1.165) is 37.1 Å². The van der Waals surface area contributed by atoms with E-state index in [1.807, 2.05) is 6.92 Å². The minimum absolute atomic E-state index is 0.184. The zero-order valence-electron chi connectivity index (χ0n) is 20.0. The van der Waals surface area contributed by atoms with Gasteiger partial charge in [-0.2, -0.15) is 22.6 Å². The predicted molar refractivity (Wildman–Crippen MR) is 129 cm³/mol. The topological polar surface area (TPSA) is 78.8 Å². The van der Waals surface area contributed by atoms with Crippen molar-refractivity contribution in [1.29, 1.82) is 0 Å². The summed E-state index contributed by atoms with van der Waals surface area (Å²) in [5.74, 6) is -0.720. The lowest BCUT2D eigenvalue weighted by molar-refractivity contribution is -0.137. The second-order valence-corrected chi connectivity index (χ2v) is 10.8. The van der Waals surface area contributed by atoms with Crippen LogP contribution in [0.25, 0.3) is 0 Å². The average Bonchev–Trinajstić information content (AvgIpc) is 2.76. The molecule has 35 heavy (non-hydrogen) atoms. The lowest BCUT2D eigenvalue weighted by atomic mass is 9.95. The number of amides is 1. The molecule has 0 spiro atoms. The summed E-state index contributed by atoms with van der Waals surface area (Å²) in [5, 5.41) is 3.67. The molecule has 0 atom stereocenters. The molecule has 2 aromatic rings. The van der Waals surface area contributed by atoms with Crippen LogP contribution < -0.4 is 5.43 Å². The van der Waals surface area contributed by atoms with Crippen molar-refractivity contribution in [2.45, 2.75) is 70.0 Å². The highest BCUT2D eigenvalue weighted by atomic mass is 32.2. The van der Waals surface area contributed by atoms with Gasteiger partial charge in [-0.3, -0.25) is 4.79 Å². The van der Waals surface area contributed by atoms with Gasteiger partial charge in [-0.15, -0.1) is 0 Å². The Morgan fingerprint density at radius 2 is 1.69 bits per heavy atom. The molecule has 2 aromatic carbocycles. The second kappa shape index (κ2) is 10.9. The van der Waals surface area contributed by atoms with Crippen molar-refractivity contribution in [2.75, 3.05) is 6.54 Å². The zero-order chi connectivity index (χ0) is 25.8. The third-order valence-electron chi connectivity index (χ3n) is 6.11. The van der Waals surface area contributed by atoms with Crippen LogP contribution in [0, 0.1) is 20.8 Å². The molecule has 0 aromatic heterocycles. The molecule has 0 unspecified atom stereocenters. The number of aryl methyl sites for hydroxylation is 3. The van der Waals surface area contributed by atoms with Gasteiger partial charge in [0.2, 0.25) is 10.0 Å². The quantitative estimate of drug-likeness (QED) is 0.416. The van der Waals surface area contributed by atoms with Crippen molar-refractivity contribution in [1.82, 2.24) is 9.73 Å². The number of benzene rings is 2. The number of hydrazone groups is 1. The van der Waals surface area contributed by atoms with Crippen molar-refractivity contribution >= 4 is 22.1 Å². The molecule has 3 rings (SSSR count). The molecule has 1 aliphatic rings. The fourth-order valence-electron chi connectivity index (χ4n) is 4.69. The average molecular weight is 510 g/mol. The number of nitrogens with zero attached hydrogens (tertiary/aromatic N) is 2. The Kier molecular flexibility index (Phi) is 8.38. The van der Waals surface area contributed by atoms with Gasteiger partial charge in [0.25, 0.3) is 5.91 Å². The van der Waals surface area contributed by atoms with Crippen LogP contribution in [0.15, 0.2) is 46.4 Å². The third-order valence-corrected chi connectivity index (χ3v) is 8.32. The highest BCUT2D eigenvalue weighted by Gasteiger charge is 2.36. The maximum Gasteiger partial charge on any atom is 0.417 e. The van der Waals surface area contributed by atoms with Gasteiger partial charge in [-0.05, 0) is 50.8 Å². The fourth-order valence-corrected chi connectivity index (χ4v) is 6.75. The molecule has 1 amide bonds. The Morgan fingerprint density at radius 3 is 2.29 bits per heavy atom. The van der Waals surface area contributed by atoms with Crippen molar-refractivity contribution in [3.8, 4) is 0 Å². The van der Waals surface area contributed by atoms with Crippen LogP contribution in [0.1, 0.15) is 59.9 Å². The Morgan fingerprint density at radius 1 is 1.09 bits per heavy atom. The number of hydrogen-bond donors (Lipinski definition) is 1. The SMILES string of the molecule is Cc1cc(C)c(S(=O)(=O)N(CC(=O)N/N=C/c2ccccc2C(F)(F)F)C2CCCCC2)c(C)c1. The molecule has 0 saturated heterocycles. The number of carbonyl (C=O) groups excluding carboxylic acids is 1. The van der Waals surface area contributed by atoms with E-state index in [-0.39, 0.29) is 16.5 Å². The van der Waals surface area contributed by atoms with Crippen LogP contribution in [0.3, 0.4) is 0 Å². The number of rotatable bonds is 7. The summed E-state index contributed by atoms with van der Waals surface area (Å²) in [6.45, 7) is 4.87. The zero-order valence-corrected chi connectivity index (χ0v) is 20.8. The Bertz CT molecular complexity index is 1180. The molecular weight excluding hydrogens is 479 g/mol. The maximum absolute atomic E-state index is 13.8. The van der Waals surface area contributed by atoms with Gasteiger partial charge in [-0.25, -0.2) is 13.8 Å². The minimum atomic E-state index is -4.57. The Labute approximate surface area is 204 Å². The van der Waals surface area contributed by atoms with E-state index in [9.17, 15) is 26.4 Å². The molecular formula is C25H30F3N3O3S. The van der Waals surface area contributed by atoms with Gasteiger partial charge >= 0.3 is 6.18 Å².